The molecule has 0 saturated carbocycles. The van der Waals surface area contributed by atoms with Crippen LogP contribution in [0.2, 0.25) is 0 Å². The fourth-order valence-electron chi connectivity index (χ4n) is 3.10. The molecule has 2 fully saturated rings. The van der Waals surface area contributed by atoms with Gasteiger partial charge in [-0.2, -0.15) is 4.31 Å². The average Bonchev–Trinajstić information content (AvgIpc) is 3.06. The molecule has 1 amide bonds. The summed E-state index contributed by atoms with van der Waals surface area (Å²) >= 11 is 0. The minimum absolute atomic E-state index is 0. The molecular formula is C15H22ClN3O3S. The molecule has 2 aliphatic heterocycles. The number of piperazine rings is 1. The molecule has 1 aromatic rings. The number of benzene rings is 1. The van der Waals surface area contributed by atoms with Crippen molar-refractivity contribution >= 4 is 28.3 Å². The van der Waals surface area contributed by atoms with Gasteiger partial charge >= 0.3 is 0 Å². The van der Waals surface area contributed by atoms with Crippen molar-refractivity contribution in [2.24, 2.45) is 0 Å². The summed E-state index contributed by atoms with van der Waals surface area (Å²) in [6, 6.07) is 7.81. The molecule has 0 aliphatic carbocycles. The van der Waals surface area contributed by atoms with E-state index < -0.39 is 16.1 Å². The van der Waals surface area contributed by atoms with Gasteiger partial charge in [-0.25, -0.2) is 8.42 Å². The predicted molar refractivity (Wildman–Crippen MR) is 90.1 cm³/mol. The van der Waals surface area contributed by atoms with Crippen LogP contribution in [0, 0.1) is 0 Å². The van der Waals surface area contributed by atoms with Crippen molar-refractivity contribution in [1.29, 1.82) is 0 Å². The Morgan fingerprint density at radius 2 is 1.74 bits per heavy atom. The number of nitrogens with zero attached hydrogens (tertiary/aromatic N) is 2. The lowest BCUT2D eigenvalue weighted by molar-refractivity contribution is -0.135. The minimum atomic E-state index is -3.60. The van der Waals surface area contributed by atoms with Crippen molar-refractivity contribution in [2.75, 3.05) is 32.7 Å². The summed E-state index contributed by atoms with van der Waals surface area (Å²) in [5.41, 5.74) is 0. The maximum atomic E-state index is 12.8. The molecule has 3 rings (SSSR count). The molecule has 0 aromatic heterocycles. The number of rotatable bonds is 3. The molecule has 128 valence electrons. The third-order valence-electron chi connectivity index (χ3n) is 4.27. The van der Waals surface area contributed by atoms with E-state index in [1.165, 1.54) is 4.31 Å². The lowest BCUT2D eigenvalue weighted by Gasteiger charge is -2.32. The van der Waals surface area contributed by atoms with Gasteiger partial charge in [0.05, 0.1) is 4.90 Å². The summed E-state index contributed by atoms with van der Waals surface area (Å²) in [6.45, 7) is 3.25. The second-order valence-corrected chi connectivity index (χ2v) is 7.55. The van der Waals surface area contributed by atoms with E-state index in [0.717, 1.165) is 19.5 Å². The highest BCUT2D eigenvalue weighted by Gasteiger charge is 2.41. The van der Waals surface area contributed by atoms with E-state index in [1.807, 2.05) is 0 Å². The second kappa shape index (κ2) is 7.61. The minimum Gasteiger partial charge on any atom is -0.339 e. The molecular weight excluding hydrogens is 338 g/mol. The molecule has 2 aliphatic rings. The highest BCUT2D eigenvalue weighted by atomic mass is 35.5. The summed E-state index contributed by atoms with van der Waals surface area (Å²) in [7, 11) is -3.60. The van der Waals surface area contributed by atoms with Crippen LogP contribution in [0.25, 0.3) is 0 Å². The van der Waals surface area contributed by atoms with E-state index in [9.17, 15) is 13.2 Å². The van der Waals surface area contributed by atoms with Gasteiger partial charge in [-0.3, -0.25) is 4.79 Å². The van der Waals surface area contributed by atoms with Crippen molar-refractivity contribution in [1.82, 2.24) is 14.5 Å². The Balaban J connectivity index is 0.00000192. The zero-order valence-corrected chi connectivity index (χ0v) is 14.5. The molecule has 1 aromatic carbocycles. The molecule has 2 heterocycles. The van der Waals surface area contributed by atoms with Crippen molar-refractivity contribution in [3.63, 3.8) is 0 Å². The van der Waals surface area contributed by atoms with Crippen LogP contribution in [0.3, 0.4) is 0 Å². The Kier molecular flexibility index (Phi) is 6.02. The van der Waals surface area contributed by atoms with Gasteiger partial charge in [0.2, 0.25) is 15.9 Å². The largest absolute Gasteiger partial charge is 0.339 e. The van der Waals surface area contributed by atoms with Crippen LogP contribution in [-0.4, -0.2) is 62.3 Å². The molecule has 0 radical (unpaired) electrons. The lowest BCUT2D eigenvalue weighted by atomic mass is 10.2. The van der Waals surface area contributed by atoms with Crippen molar-refractivity contribution in [3.05, 3.63) is 30.3 Å². The van der Waals surface area contributed by atoms with Gasteiger partial charge in [-0.05, 0) is 25.0 Å². The van der Waals surface area contributed by atoms with Gasteiger partial charge in [0.1, 0.15) is 6.04 Å². The molecule has 23 heavy (non-hydrogen) atoms. The van der Waals surface area contributed by atoms with Crippen LogP contribution in [-0.2, 0) is 14.8 Å². The number of hydrogen-bond acceptors (Lipinski definition) is 4. The van der Waals surface area contributed by atoms with Gasteiger partial charge in [-0.1, -0.05) is 18.2 Å². The number of carbonyl (C=O) groups excluding carboxylic acids is 1. The topological polar surface area (TPSA) is 69.7 Å². The molecule has 2 saturated heterocycles. The van der Waals surface area contributed by atoms with E-state index in [4.69, 9.17) is 0 Å². The van der Waals surface area contributed by atoms with Crippen LogP contribution >= 0.6 is 12.4 Å². The summed E-state index contributed by atoms with van der Waals surface area (Å²) < 4.78 is 26.9. The quantitative estimate of drug-likeness (QED) is 0.862. The summed E-state index contributed by atoms with van der Waals surface area (Å²) in [4.78, 5) is 14.7. The smallest absolute Gasteiger partial charge is 0.243 e. The first-order valence-electron chi connectivity index (χ1n) is 7.67. The van der Waals surface area contributed by atoms with Crippen LogP contribution in [0.15, 0.2) is 35.2 Å². The van der Waals surface area contributed by atoms with E-state index in [1.54, 1.807) is 35.2 Å². The highest BCUT2D eigenvalue weighted by molar-refractivity contribution is 7.89. The van der Waals surface area contributed by atoms with Gasteiger partial charge in [0.25, 0.3) is 0 Å². The van der Waals surface area contributed by atoms with E-state index in [0.29, 0.717) is 26.1 Å². The Morgan fingerprint density at radius 1 is 1.09 bits per heavy atom. The summed E-state index contributed by atoms with van der Waals surface area (Å²) in [6.07, 6.45) is 1.34. The highest BCUT2D eigenvalue weighted by Crippen LogP contribution is 2.27. The molecule has 6 nitrogen and oxygen atoms in total. The maximum Gasteiger partial charge on any atom is 0.243 e. The zero-order valence-electron chi connectivity index (χ0n) is 12.8. The molecule has 1 N–H and O–H groups in total. The van der Waals surface area contributed by atoms with Crippen LogP contribution in [0.1, 0.15) is 12.8 Å². The Bertz CT molecular complexity index is 633. The number of carbonyl (C=O) groups is 1. The average molecular weight is 360 g/mol. The fourth-order valence-corrected chi connectivity index (χ4v) is 4.77. The first-order valence-corrected chi connectivity index (χ1v) is 9.11. The van der Waals surface area contributed by atoms with Crippen LogP contribution in [0.5, 0.6) is 0 Å². The SMILES string of the molecule is Cl.O=C(C1CCCN1S(=O)(=O)c1ccccc1)N1CCNCC1. The third-order valence-corrected chi connectivity index (χ3v) is 6.19. The molecule has 1 atom stereocenters. The fraction of sp³-hybridized carbons (Fsp3) is 0.533. The Labute approximate surface area is 143 Å². The van der Waals surface area contributed by atoms with E-state index in [-0.39, 0.29) is 23.2 Å². The lowest BCUT2D eigenvalue weighted by Crippen LogP contribution is -2.53. The third kappa shape index (κ3) is 3.68. The molecule has 8 heteroatoms. The van der Waals surface area contributed by atoms with E-state index >= 15 is 0 Å². The normalized spacial score (nSPS) is 22.6. The number of amides is 1. The number of halogens is 1. The number of hydrogen-bond donors (Lipinski definition) is 1. The molecule has 0 bridgehead atoms. The Morgan fingerprint density at radius 3 is 2.39 bits per heavy atom. The van der Waals surface area contributed by atoms with Crippen LogP contribution < -0.4 is 5.32 Å². The Hall–Kier alpha value is -1.15. The zero-order chi connectivity index (χ0) is 15.6. The predicted octanol–water partition coefficient (Wildman–Crippen LogP) is 0.693. The van der Waals surface area contributed by atoms with E-state index in [2.05, 4.69) is 5.32 Å². The summed E-state index contributed by atoms with van der Waals surface area (Å²) in [5, 5.41) is 3.20. The van der Waals surface area contributed by atoms with Gasteiger partial charge < -0.3 is 10.2 Å². The second-order valence-electron chi connectivity index (χ2n) is 5.66. The monoisotopic (exact) mass is 359 g/mol. The van der Waals surface area contributed by atoms with Gasteiger partial charge in [0, 0.05) is 32.7 Å². The molecule has 0 spiro atoms. The first kappa shape index (κ1) is 18.2. The van der Waals surface area contributed by atoms with Gasteiger partial charge in [0.15, 0.2) is 0 Å². The van der Waals surface area contributed by atoms with Crippen molar-refractivity contribution in [2.45, 2.75) is 23.8 Å². The van der Waals surface area contributed by atoms with Crippen molar-refractivity contribution < 1.29 is 13.2 Å². The van der Waals surface area contributed by atoms with Crippen LogP contribution in [0.4, 0.5) is 0 Å². The standard InChI is InChI=1S/C15H21N3O3S.ClH/c19-15(17-11-8-16-9-12-17)14-7-4-10-18(14)22(20,21)13-5-2-1-3-6-13;/h1-3,5-6,14,16H,4,7-12H2;1H. The number of sulfonamides is 1. The number of nitrogens with one attached hydrogen (secondary N) is 1. The van der Waals surface area contributed by atoms with Crippen molar-refractivity contribution in [3.8, 4) is 0 Å². The maximum absolute atomic E-state index is 12.8. The summed E-state index contributed by atoms with van der Waals surface area (Å²) in [5.74, 6) is -0.0569. The molecule has 1 unspecified atom stereocenters. The van der Waals surface area contributed by atoms with Gasteiger partial charge in [-0.15, -0.1) is 12.4 Å². The first-order chi connectivity index (χ1) is 10.6.